The van der Waals surface area contributed by atoms with Gasteiger partial charge in [-0.05, 0) is 42.8 Å². The molecule has 0 atom stereocenters. The Balaban J connectivity index is 1.69. The number of hydrogen-bond acceptors (Lipinski definition) is 2. The molecule has 0 bridgehead atoms. The second kappa shape index (κ2) is 6.71. The number of nitrogens with zero attached hydrogens (tertiary/aromatic N) is 2. The highest BCUT2D eigenvalue weighted by molar-refractivity contribution is 9.10. The minimum atomic E-state index is -0.473. The van der Waals surface area contributed by atoms with E-state index in [1.165, 1.54) is 17.3 Å². The molecule has 1 fully saturated rings. The molecule has 1 heterocycles. The maximum Gasteiger partial charge on any atom is 0.256 e. The fraction of sp³-hybridized carbons (Fsp3) is 0.278. The summed E-state index contributed by atoms with van der Waals surface area (Å²) in [5.41, 5.74) is 2.52. The van der Waals surface area contributed by atoms with Gasteiger partial charge in [-0.3, -0.25) is 4.79 Å². The molecule has 3 nitrogen and oxygen atoms in total. The molecule has 2 aromatic rings. The van der Waals surface area contributed by atoms with E-state index >= 15 is 0 Å². The highest BCUT2D eigenvalue weighted by Gasteiger charge is 2.24. The van der Waals surface area contributed by atoms with Crippen molar-refractivity contribution in [2.45, 2.75) is 6.92 Å². The lowest BCUT2D eigenvalue weighted by atomic mass is 10.1. The molecule has 1 aliphatic heterocycles. The first-order valence-electron chi connectivity index (χ1n) is 7.60. The van der Waals surface area contributed by atoms with Crippen LogP contribution in [0.4, 0.5) is 10.1 Å². The highest BCUT2D eigenvalue weighted by atomic mass is 79.9. The molecule has 0 aliphatic carbocycles. The first-order chi connectivity index (χ1) is 11.0. The summed E-state index contributed by atoms with van der Waals surface area (Å²) >= 11 is 3.29. The van der Waals surface area contributed by atoms with Crippen molar-refractivity contribution in [3.63, 3.8) is 0 Å². The molecule has 1 aliphatic rings. The van der Waals surface area contributed by atoms with E-state index in [0.29, 0.717) is 17.6 Å². The van der Waals surface area contributed by atoms with Gasteiger partial charge < -0.3 is 9.80 Å². The van der Waals surface area contributed by atoms with Gasteiger partial charge in [-0.2, -0.15) is 0 Å². The molecular formula is C18H18BrFN2O. The Bertz CT molecular complexity index is 727. The summed E-state index contributed by atoms with van der Waals surface area (Å²) in [5.74, 6) is -0.716. The van der Waals surface area contributed by atoms with Gasteiger partial charge in [0.15, 0.2) is 0 Å². The molecule has 1 amide bonds. The third-order valence-corrected chi connectivity index (χ3v) is 4.59. The van der Waals surface area contributed by atoms with Crippen molar-refractivity contribution in [2.24, 2.45) is 0 Å². The van der Waals surface area contributed by atoms with E-state index in [2.05, 4.69) is 46.0 Å². The number of carbonyl (C=O) groups is 1. The number of anilines is 1. The van der Waals surface area contributed by atoms with E-state index in [9.17, 15) is 9.18 Å². The lowest BCUT2D eigenvalue weighted by Gasteiger charge is -2.36. The van der Waals surface area contributed by atoms with Gasteiger partial charge in [0.25, 0.3) is 5.91 Å². The number of carbonyl (C=O) groups excluding carboxylic acids is 1. The average Bonchev–Trinajstić information content (AvgIpc) is 2.56. The Hall–Kier alpha value is -1.88. The average molecular weight is 377 g/mol. The van der Waals surface area contributed by atoms with Crippen LogP contribution in [0, 0.1) is 12.7 Å². The van der Waals surface area contributed by atoms with Crippen molar-refractivity contribution < 1.29 is 9.18 Å². The molecule has 0 N–H and O–H groups in total. The van der Waals surface area contributed by atoms with Gasteiger partial charge in [-0.15, -0.1) is 0 Å². The second-order valence-electron chi connectivity index (χ2n) is 5.74. The SMILES string of the molecule is Cc1cccc(N2CCN(C(=O)c3cc(Br)ccc3F)CC2)c1. The molecule has 0 radical (unpaired) electrons. The van der Waals surface area contributed by atoms with Crippen LogP contribution in [0.1, 0.15) is 15.9 Å². The number of aryl methyl sites for hydroxylation is 1. The number of rotatable bonds is 2. The van der Waals surface area contributed by atoms with E-state index < -0.39 is 5.82 Å². The van der Waals surface area contributed by atoms with E-state index in [4.69, 9.17) is 0 Å². The molecule has 3 rings (SSSR count). The van der Waals surface area contributed by atoms with Crippen molar-refractivity contribution >= 4 is 27.5 Å². The van der Waals surface area contributed by atoms with Crippen LogP contribution in [0.2, 0.25) is 0 Å². The van der Waals surface area contributed by atoms with Crippen molar-refractivity contribution in [3.05, 3.63) is 63.9 Å². The first kappa shape index (κ1) is 16.0. The quantitative estimate of drug-likeness (QED) is 0.794. The minimum absolute atomic E-state index is 0.128. The molecular weight excluding hydrogens is 359 g/mol. The van der Waals surface area contributed by atoms with E-state index in [1.807, 2.05) is 6.07 Å². The van der Waals surface area contributed by atoms with Gasteiger partial charge in [-0.25, -0.2) is 4.39 Å². The predicted molar refractivity (Wildman–Crippen MR) is 93.4 cm³/mol. The highest BCUT2D eigenvalue weighted by Crippen LogP contribution is 2.21. The topological polar surface area (TPSA) is 23.6 Å². The molecule has 0 aromatic heterocycles. The zero-order valence-electron chi connectivity index (χ0n) is 12.9. The Morgan fingerprint density at radius 1 is 1.09 bits per heavy atom. The summed E-state index contributed by atoms with van der Waals surface area (Å²) in [5, 5.41) is 0. The lowest BCUT2D eigenvalue weighted by molar-refractivity contribution is 0.0742. The number of piperazine rings is 1. The summed E-state index contributed by atoms with van der Waals surface area (Å²) < 4.78 is 14.6. The molecule has 2 aromatic carbocycles. The lowest BCUT2D eigenvalue weighted by Crippen LogP contribution is -2.49. The van der Waals surface area contributed by atoms with E-state index in [-0.39, 0.29) is 11.5 Å². The van der Waals surface area contributed by atoms with Gasteiger partial charge in [-0.1, -0.05) is 28.1 Å². The zero-order valence-corrected chi connectivity index (χ0v) is 14.5. The van der Waals surface area contributed by atoms with E-state index in [1.54, 1.807) is 17.0 Å². The fourth-order valence-electron chi connectivity index (χ4n) is 2.82. The molecule has 5 heteroatoms. The van der Waals surface area contributed by atoms with Crippen molar-refractivity contribution in [1.29, 1.82) is 0 Å². The second-order valence-corrected chi connectivity index (χ2v) is 6.66. The monoisotopic (exact) mass is 376 g/mol. The normalized spacial score (nSPS) is 14.9. The van der Waals surface area contributed by atoms with Crippen LogP contribution >= 0.6 is 15.9 Å². The van der Waals surface area contributed by atoms with Crippen LogP contribution in [-0.4, -0.2) is 37.0 Å². The van der Waals surface area contributed by atoms with Crippen LogP contribution in [-0.2, 0) is 0 Å². The van der Waals surface area contributed by atoms with Gasteiger partial charge in [0.1, 0.15) is 5.82 Å². The van der Waals surface area contributed by atoms with Gasteiger partial charge in [0.2, 0.25) is 0 Å². The van der Waals surface area contributed by atoms with Crippen LogP contribution in [0.15, 0.2) is 46.9 Å². The van der Waals surface area contributed by atoms with Crippen molar-refractivity contribution in [1.82, 2.24) is 4.90 Å². The molecule has 0 spiro atoms. The summed E-state index contributed by atoms with van der Waals surface area (Å²) in [6.07, 6.45) is 0. The van der Waals surface area contributed by atoms with Gasteiger partial charge in [0.05, 0.1) is 5.56 Å². The zero-order chi connectivity index (χ0) is 16.4. The first-order valence-corrected chi connectivity index (χ1v) is 8.40. The standard InChI is InChI=1S/C18H18BrFN2O/c1-13-3-2-4-15(11-13)21-7-9-22(10-8-21)18(23)16-12-14(19)5-6-17(16)20/h2-6,11-12H,7-10H2,1H3. The summed E-state index contributed by atoms with van der Waals surface area (Å²) in [7, 11) is 0. The molecule has 120 valence electrons. The number of halogens is 2. The third-order valence-electron chi connectivity index (χ3n) is 4.09. The molecule has 23 heavy (non-hydrogen) atoms. The Morgan fingerprint density at radius 2 is 1.83 bits per heavy atom. The summed E-state index contributed by atoms with van der Waals surface area (Å²) in [4.78, 5) is 16.5. The number of hydrogen-bond donors (Lipinski definition) is 0. The number of amides is 1. The molecule has 0 saturated carbocycles. The Morgan fingerprint density at radius 3 is 2.52 bits per heavy atom. The fourth-order valence-corrected chi connectivity index (χ4v) is 3.19. The summed E-state index contributed by atoms with van der Waals surface area (Å²) in [6.45, 7) is 4.77. The Labute approximate surface area is 143 Å². The molecule has 0 unspecified atom stereocenters. The maximum atomic E-state index is 13.9. The maximum absolute atomic E-state index is 13.9. The van der Waals surface area contributed by atoms with E-state index in [0.717, 1.165) is 13.1 Å². The van der Waals surface area contributed by atoms with Crippen LogP contribution in [0.3, 0.4) is 0 Å². The smallest absolute Gasteiger partial charge is 0.256 e. The van der Waals surface area contributed by atoms with Crippen molar-refractivity contribution in [2.75, 3.05) is 31.1 Å². The predicted octanol–water partition coefficient (Wildman–Crippen LogP) is 3.86. The largest absolute Gasteiger partial charge is 0.368 e. The van der Waals surface area contributed by atoms with Gasteiger partial charge in [0, 0.05) is 36.3 Å². The Kier molecular flexibility index (Phi) is 4.66. The third kappa shape index (κ3) is 3.55. The number of benzene rings is 2. The molecule has 1 saturated heterocycles. The van der Waals surface area contributed by atoms with Crippen LogP contribution in [0.25, 0.3) is 0 Å². The van der Waals surface area contributed by atoms with Crippen LogP contribution in [0.5, 0.6) is 0 Å². The van der Waals surface area contributed by atoms with Gasteiger partial charge >= 0.3 is 0 Å². The van der Waals surface area contributed by atoms with Crippen LogP contribution < -0.4 is 4.90 Å². The van der Waals surface area contributed by atoms with Crippen molar-refractivity contribution in [3.8, 4) is 0 Å². The summed E-state index contributed by atoms with van der Waals surface area (Å²) in [6, 6.07) is 12.8. The minimum Gasteiger partial charge on any atom is -0.368 e.